The van der Waals surface area contributed by atoms with E-state index in [1.807, 2.05) is 46.8 Å². The van der Waals surface area contributed by atoms with E-state index in [1.165, 1.54) is 0 Å². The van der Waals surface area contributed by atoms with Crippen LogP contribution in [-0.2, 0) is 22.3 Å². The number of hydrogen-bond acceptors (Lipinski definition) is 5. The fraction of sp³-hybridized carbons (Fsp3) is 0.667. The molecule has 6 nitrogen and oxygen atoms in total. The van der Waals surface area contributed by atoms with Crippen molar-refractivity contribution in [3.63, 3.8) is 0 Å². The summed E-state index contributed by atoms with van der Waals surface area (Å²) in [7, 11) is 1.65. The van der Waals surface area contributed by atoms with E-state index in [-0.39, 0.29) is 6.61 Å². The molecule has 1 aromatic rings. The molecule has 0 heterocycles. The molecule has 1 amide bonds. The SMILES string of the molecule is CC.COc1cc(CCCO)ccc1CCOCCNC(=O)OC(C)(C)C. The van der Waals surface area contributed by atoms with Gasteiger partial charge in [0.15, 0.2) is 0 Å². The van der Waals surface area contributed by atoms with E-state index in [1.54, 1.807) is 7.11 Å². The van der Waals surface area contributed by atoms with E-state index in [0.717, 1.165) is 36.1 Å². The topological polar surface area (TPSA) is 77.0 Å². The van der Waals surface area contributed by atoms with Gasteiger partial charge in [-0.25, -0.2) is 4.79 Å². The van der Waals surface area contributed by atoms with E-state index in [4.69, 9.17) is 19.3 Å². The molecule has 1 rings (SSSR count). The third kappa shape index (κ3) is 12.3. The van der Waals surface area contributed by atoms with Gasteiger partial charge in [0, 0.05) is 13.2 Å². The molecular formula is C21H37NO5. The summed E-state index contributed by atoms with van der Waals surface area (Å²) in [5.74, 6) is 0.839. The normalized spacial score (nSPS) is 10.6. The van der Waals surface area contributed by atoms with Crippen LogP contribution in [0.4, 0.5) is 4.79 Å². The summed E-state index contributed by atoms with van der Waals surface area (Å²) >= 11 is 0. The fourth-order valence-corrected chi connectivity index (χ4v) is 2.26. The largest absolute Gasteiger partial charge is 0.496 e. The summed E-state index contributed by atoms with van der Waals surface area (Å²) in [6.07, 6.45) is 1.88. The van der Waals surface area contributed by atoms with E-state index in [9.17, 15) is 4.79 Å². The molecule has 0 saturated carbocycles. The van der Waals surface area contributed by atoms with E-state index in [2.05, 4.69) is 11.4 Å². The summed E-state index contributed by atoms with van der Waals surface area (Å²) in [5, 5.41) is 11.6. The van der Waals surface area contributed by atoms with Crippen molar-refractivity contribution < 1.29 is 24.1 Å². The van der Waals surface area contributed by atoms with Crippen LogP contribution in [-0.4, -0.2) is 50.3 Å². The van der Waals surface area contributed by atoms with Crippen LogP contribution in [0.15, 0.2) is 18.2 Å². The summed E-state index contributed by atoms with van der Waals surface area (Å²) in [5.41, 5.74) is 1.73. The van der Waals surface area contributed by atoms with Gasteiger partial charge in [-0.3, -0.25) is 0 Å². The highest BCUT2D eigenvalue weighted by Gasteiger charge is 2.15. The van der Waals surface area contributed by atoms with Crippen molar-refractivity contribution >= 4 is 6.09 Å². The zero-order chi connectivity index (χ0) is 20.7. The van der Waals surface area contributed by atoms with Crippen LogP contribution < -0.4 is 10.1 Å². The van der Waals surface area contributed by atoms with Gasteiger partial charge in [0.05, 0.1) is 20.3 Å². The highest BCUT2D eigenvalue weighted by molar-refractivity contribution is 5.67. The standard InChI is InChI=1S/C19H31NO5.C2H6/c1-19(2,3)25-18(22)20-10-13-24-12-9-16-8-7-15(6-5-11-21)14-17(16)23-4;1-2/h7-8,14,21H,5-6,9-13H2,1-4H3,(H,20,22);1-2H3. The molecule has 1 aromatic carbocycles. The van der Waals surface area contributed by atoms with Crippen molar-refractivity contribution in [2.45, 2.75) is 59.5 Å². The smallest absolute Gasteiger partial charge is 0.407 e. The van der Waals surface area contributed by atoms with Crippen LogP contribution in [0.25, 0.3) is 0 Å². The second-order valence-corrected chi connectivity index (χ2v) is 6.76. The van der Waals surface area contributed by atoms with Crippen LogP contribution in [0.3, 0.4) is 0 Å². The molecule has 0 bridgehead atoms. The monoisotopic (exact) mass is 383 g/mol. The molecule has 2 N–H and O–H groups in total. The van der Waals surface area contributed by atoms with Crippen molar-refractivity contribution in [3.05, 3.63) is 29.3 Å². The minimum atomic E-state index is -0.495. The number of benzene rings is 1. The Morgan fingerprint density at radius 2 is 1.85 bits per heavy atom. The van der Waals surface area contributed by atoms with Crippen molar-refractivity contribution in [2.24, 2.45) is 0 Å². The Bertz CT molecular complexity index is 526. The van der Waals surface area contributed by atoms with Crippen LogP contribution in [0.2, 0.25) is 0 Å². The lowest BCUT2D eigenvalue weighted by atomic mass is 10.0. The van der Waals surface area contributed by atoms with Gasteiger partial charge in [-0.05, 0) is 57.2 Å². The number of aliphatic hydroxyl groups excluding tert-OH is 1. The average Bonchev–Trinajstić information content (AvgIpc) is 2.63. The molecule has 27 heavy (non-hydrogen) atoms. The third-order valence-electron chi connectivity index (χ3n) is 3.41. The number of rotatable bonds is 10. The zero-order valence-electron chi connectivity index (χ0n) is 17.8. The molecule has 156 valence electrons. The van der Waals surface area contributed by atoms with Crippen LogP contribution in [0, 0.1) is 0 Å². The summed E-state index contributed by atoms with van der Waals surface area (Å²) in [6.45, 7) is 11.0. The van der Waals surface area contributed by atoms with Crippen molar-refractivity contribution in [1.82, 2.24) is 5.32 Å². The number of methoxy groups -OCH3 is 1. The fourth-order valence-electron chi connectivity index (χ4n) is 2.26. The number of alkyl carbamates (subject to hydrolysis) is 1. The molecule has 0 radical (unpaired) electrons. The number of aliphatic hydroxyl groups is 1. The highest BCUT2D eigenvalue weighted by Crippen LogP contribution is 2.21. The minimum absolute atomic E-state index is 0.190. The van der Waals surface area contributed by atoms with Gasteiger partial charge in [-0.15, -0.1) is 0 Å². The summed E-state index contributed by atoms with van der Waals surface area (Å²) < 4.78 is 16.1. The first-order valence-corrected chi connectivity index (χ1v) is 9.67. The number of ether oxygens (including phenoxy) is 3. The highest BCUT2D eigenvalue weighted by atomic mass is 16.6. The Morgan fingerprint density at radius 1 is 1.15 bits per heavy atom. The van der Waals surface area contributed by atoms with Crippen molar-refractivity contribution in [1.29, 1.82) is 0 Å². The maximum absolute atomic E-state index is 11.5. The summed E-state index contributed by atoms with van der Waals surface area (Å²) in [4.78, 5) is 11.5. The lowest BCUT2D eigenvalue weighted by Crippen LogP contribution is -2.34. The molecular weight excluding hydrogens is 346 g/mol. The second kappa shape index (κ2) is 14.3. The number of nitrogens with one attached hydrogen (secondary N) is 1. The van der Waals surface area contributed by atoms with Crippen molar-refractivity contribution in [2.75, 3.05) is 33.5 Å². The molecule has 0 aliphatic rings. The molecule has 0 aliphatic heterocycles. The lowest BCUT2D eigenvalue weighted by Gasteiger charge is -2.19. The number of carbonyl (C=O) groups excluding carboxylic acids is 1. The van der Waals surface area contributed by atoms with E-state index < -0.39 is 11.7 Å². The van der Waals surface area contributed by atoms with Gasteiger partial charge in [-0.1, -0.05) is 26.0 Å². The van der Waals surface area contributed by atoms with Gasteiger partial charge in [0.25, 0.3) is 0 Å². The quantitative estimate of drug-likeness (QED) is 0.602. The first kappa shape index (κ1) is 25.2. The summed E-state index contributed by atoms with van der Waals surface area (Å²) in [6, 6.07) is 6.10. The van der Waals surface area contributed by atoms with Gasteiger partial charge in [0.2, 0.25) is 0 Å². The first-order chi connectivity index (χ1) is 12.9. The minimum Gasteiger partial charge on any atom is -0.496 e. The van der Waals surface area contributed by atoms with Crippen molar-refractivity contribution in [3.8, 4) is 5.75 Å². The Hall–Kier alpha value is -1.79. The molecule has 0 saturated heterocycles. The molecule has 0 unspecified atom stereocenters. The Morgan fingerprint density at radius 3 is 2.44 bits per heavy atom. The average molecular weight is 384 g/mol. The molecule has 0 aromatic heterocycles. The second-order valence-electron chi connectivity index (χ2n) is 6.76. The molecule has 6 heteroatoms. The van der Waals surface area contributed by atoms with Crippen LogP contribution in [0.1, 0.15) is 52.2 Å². The van der Waals surface area contributed by atoms with Gasteiger partial charge in [-0.2, -0.15) is 0 Å². The molecule has 0 spiro atoms. The van der Waals surface area contributed by atoms with Crippen LogP contribution in [0.5, 0.6) is 5.75 Å². The van der Waals surface area contributed by atoms with E-state index >= 15 is 0 Å². The van der Waals surface area contributed by atoms with Gasteiger partial charge < -0.3 is 24.6 Å². The van der Waals surface area contributed by atoms with Crippen LogP contribution >= 0.6 is 0 Å². The number of amides is 1. The zero-order valence-corrected chi connectivity index (χ0v) is 17.8. The predicted octanol–water partition coefficient (Wildman–Crippen LogP) is 3.73. The third-order valence-corrected chi connectivity index (χ3v) is 3.41. The molecule has 0 aliphatic carbocycles. The Labute approximate surface area is 164 Å². The predicted molar refractivity (Wildman–Crippen MR) is 109 cm³/mol. The molecule has 0 fully saturated rings. The van der Waals surface area contributed by atoms with Gasteiger partial charge >= 0.3 is 6.09 Å². The van der Waals surface area contributed by atoms with Gasteiger partial charge in [0.1, 0.15) is 11.4 Å². The molecule has 0 atom stereocenters. The first-order valence-electron chi connectivity index (χ1n) is 9.67. The van der Waals surface area contributed by atoms with E-state index in [0.29, 0.717) is 19.8 Å². The maximum atomic E-state index is 11.5. The Balaban J connectivity index is 0.00000326. The number of aryl methyl sites for hydroxylation is 1. The number of carbonyl (C=O) groups is 1. The maximum Gasteiger partial charge on any atom is 0.407 e. The number of hydrogen-bond donors (Lipinski definition) is 2. The lowest BCUT2D eigenvalue weighted by molar-refractivity contribution is 0.0500. The Kier molecular flexibility index (Phi) is 13.3.